The number of carbonyl (C=O) groups is 2. The van der Waals surface area contributed by atoms with Crippen molar-refractivity contribution in [3.63, 3.8) is 0 Å². The quantitative estimate of drug-likeness (QED) is 0.603. The smallest absolute Gasteiger partial charge is 0.320 e. The third kappa shape index (κ3) is 4.53. The standard InChI is InChI=1S/C13H17N3O5/c1-8-4-5-10(16(20)21)6-11(8)14-12(17)7-15(3)9(2)13(18)19/h4-6,9H,7H2,1-3H3,(H,14,17)(H,18,19). The summed E-state index contributed by atoms with van der Waals surface area (Å²) in [6, 6.07) is 3.36. The SMILES string of the molecule is Cc1ccc([N+](=O)[O-])cc1NC(=O)CN(C)C(C)C(=O)O. The van der Waals surface area contributed by atoms with Crippen molar-refractivity contribution in [3.05, 3.63) is 33.9 Å². The Bertz CT molecular complexity index is 573. The number of aliphatic carboxylic acids is 1. The second kappa shape index (κ2) is 6.80. The Hall–Kier alpha value is -2.48. The van der Waals surface area contributed by atoms with Crippen molar-refractivity contribution < 1.29 is 19.6 Å². The van der Waals surface area contributed by atoms with Gasteiger partial charge in [0.2, 0.25) is 5.91 Å². The van der Waals surface area contributed by atoms with E-state index in [-0.39, 0.29) is 12.2 Å². The topological polar surface area (TPSA) is 113 Å². The van der Waals surface area contributed by atoms with Crippen molar-refractivity contribution in [2.45, 2.75) is 19.9 Å². The number of nitrogens with one attached hydrogen (secondary N) is 1. The lowest BCUT2D eigenvalue weighted by atomic mass is 10.2. The Balaban J connectivity index is 2.77. The third-order valence-electron chi connectivity index (χ3n) is 3.12. The molecule has 1 unspecified atom stereocenters. The van der Waals surface area contributed by atoms with Crippen molar-refractivity contribution in [2.24, 2.45) is 0 Å². The molecule has 0 radical (unpaired) electrons. The molecule has 0 heterocycles. The summed E-state index contributed by atoms with van der Waals surface area (Å²) in [5.41, 5.74) is 0.900. The summed E-state index contributed by atoms with van der Waals surface area (Å²) in [6.45, 7) is 3.05. The molecule has 1 atom stereocenters. The first-order chi connectivity index (χ1) is 9.72. The summed E-state index contributed by atoms with van der Waals surface area (Å²) < 4.78 is 0. The highest BCUT2D eigenvalue weighted by Crippen LogP contribution is 2.21. The molecule has 0 aliphatic carbocycles. The summed E-state index contributed by atoms with van der Waals surface area (Å²) in [6.07, 6.45) is 0. The summed E-state index contributed by atoms with van der Waals surface area (Å²) in [4.78, 5) is 34.2. The molecule has 0 saturated heterocycles. The van der Waals surface area contributed by atoms with E-state index in [1.54, 1.807) is 6.92 Å². The van der Waals surface area contributed by atoms with Gasteiger partial charge in [0.25, 0.3) is 5.69 Å². The Morgan fingerprint density at radius 3 is 2.62 bits per heavy atom. The lowest BCUT2D eigenvalue weighted by Crippen LogP contribution is -2.40. The maximum Gasteiger partial charge on any atom is 0.320 e. The van der Waals surface area contributed by atoms with E-state index in [0.717, 1.165) is 0 Å². The van der Waals surface area contributed by atoms with E-state index in [4.69, 9.17) is 5.11 Å². The predicted molar refractivity (Wildman–Crippen MR) is 76.2 cm³/mol. The molecular formula is C13H17N3O5. The van der Waals surface area contributed by atoms with Crippen LogP contribution < -0.4 is 5.32 Å². The fourth-order valence-electron chi connectivity index (χ4n) is 1.60. The number of nitro groups is 1. The van der Waals surface area contributed by atoms with Crippen molar-refractivity contribution in [1.29, 1.82) is 0 Å². The molecule has 1 aromatic rings. The number of amides is 1. The molecule has 0 aromatic heterocycles. The normalized spacial score (nSPS) is 12.0. The van der Waals surface area contributed by atoms with Crippen LogP contribution >= 0.6 is 0 Å². The number of nitrogens with zero attached hydrogens (tertiary/aromatic N) is 2. The van der Waals surface area contributed by atoms with Crippen molar-refractivity contribution in [2.75, 3.05) is 18.9 Å². The first-order valence-corrected chi connectivity index (χ1v) is 6.20. The lowest BCUT2D eigenvalue weighted by Gasteiger charge is -2.20. The predicted octanol–water partition coefficient (Wildman–Crippen LogP) is 1.25. The monoisotopic (exact) mass is 295 g/mol. The minimum atomic E-state index is -1.03. The Morgan fingerprint density at radius 1 is 1.48 bits per heavy atom. The van der Waals surface area contributed by atoms with Gasteiger partial charge in [-0.05, 0) is 26.5 Å². The van der Waals surface area contributed by atoms with Gasteiger partial charge < -0.3 is 10.4 Å². The summed E-state index contributed by atoms with van der Waals surface area (Å²) in [7, 11) is 1.51. The average Bonchev–Trinajstić information content (AvgIpc) is 2.39. The Labute approximate surface area is 121 Å². The van der Waals surface area contributed by atoms with Gasteiger partial charge in [-0.2, -0.15) is 0 Å². The van der Waals surface area contributed by atoms with E-state index in [9.17, 15) is 19.7 Å². The molecule has 0 bridgehead atoms. The highest BCUT2D eigenvalue weighted by Gasteiger charge is 2.19. The first kappa shape index (κ1) is 16.6. The number of anilines is 1. The molecule has 1 amide bonds. The zero-order valence-electron chi connectivity index (χ0n) is 12.0. The van der Waals surface area contributed by atoms with Gasteiger partial charge in [0.15, 0.2) is 0 Å². The van der Waals surface area contributed by atoms with Crippen LogP contribution in [0, 0.1) is 17.0 Å². The van der Waals surface area contributed by atoms with Crippen LogP contribution in [0.15, 0.2) is 18.2 Å². The Kier molecular flexibility index (Phi) is 5.37. The number of rotatable bonds is 6. The molecule has 114 valence electrons. The van der Waals surface area contributed by atoms with Gasteiger partial charge in [-0.15, -0.1) is 0 Å². The number of carbonyl (C=O) groups excluding carboxylic acids is 1. The number of nitro benzene ring substituents is 1. The summed E-state index contributed by atoms with van der Waals surface area (Å²) in [5, 5.41) is 22.1. The second-order valence-electron chi connectivity index (χ2n) is 4.73. The highest BCUT2D eigenvalue weighted by molar-refractivity contribution is 5.93. The van der Waals surface area contributed by atoms with Crippen LogP contribution in [0.25, 0.3) is 0 Å². The van der Waals surface area contributed by atoms with Crippen LogP contribution in [0.4, 0.5) is 11.4 Å². The zero-order chi connectivity index (χ0) is 16.2. The van der Waals surface area contributed by atoms with E-state index in [0.29, 0.717) is 11.3 Å². The third-order valence-corrected chi connectivity index (χ3v) is 3.12. The summed E-state index contributed by atoms with van der Waals surface area (Å²) >= 11 is 0. The van der Waals surface area contributed by atoms with Crippen LogP contribution in [0.2, 0.25) is 0 Å². The maximum atomic E-state index is 11.9. The van der Waals surface area contributed by atoms with Gasteiger partial charge in [-0.3, -0.25) is 24.6 Å². The number of non-ortho nitro benzene ring substituents is 1. The number of aryl methyl sites for hydroxylation is 1. The van der Waals surface area contributed by atoms with Gasteiger partial charge in [0.1, 0.15) is 6.04 Å². The molecule has 1 aromatic carbocycles. The first-order valence-electron chi connectivity index (χ1n) is 6.20. The number of benzene rings is 1. The van der Waals surface area contributed by atoms with Crippen LogP contribution in [-0.2, 0) is 9.59 Å². The van der Waals surface area contributed by atoms with E-state index < -0.39 is 22.8 Å². The van der Waals surface area contributed by atoms with Crippen LogP contribution in [0.3, 0.4) is 0 Å². The molecule has 0 aliphatic heterocycles. The van der Waals surface area contributed by atoms with Crippen molar-refractivity contribution in [1.82, 2.24) is 4.90 Å². The molecule has 2 N–H and O–H groups in total. The molecule has 1 rings (SSSR count). The van der Waals surface area contributed by atoms with Gasteiger partial charge in [0, 0.05) is 12.1 Å². The zero-order valence-corrected chi connectivity index (χ0v) is 12.0. The lowest BCUT2D eigenvalue weighted by molar-refractivity contribution is -0.384. The van der Waals surface area contributed by atoms with Crippen LogP contribution in [0.5, 0.6) is 0 Å². The number of likely N-dealkylation sites (N-methyl/N-ethyl adjacent to an activating group) is 1. The van der Waals surface area contributed by atoms with Gasteiger partial charge >= 0.3 is 5.97 Å². The molecule has 8 nitrogen and oxygen atoms in total. The van der Waals surface area contributed by atoms with Crippen LogP contribution in [0.1, 0.15) is 12.5 Å². The highest BCUT2D eigenvalue weighted by atomic mass is 16.6. The Morgan fingerprint density at radius 2 is 2.10 bits per heavy atom. The van der Waals surface area contributed by atoms with Crippen molar-refractivity contribution >= 4 is 23.3 Å². The molecule has 0 spiro atoms. The van der Waals surface area contributed by atoms with E-state index in [2.05, 4.69) is 5.32 Å². The van der Waals surface area contributed by atoms with E-state index in [1.807, 2.05) is 0 Å². The van der Waals surface area contributed by atoms with Gasteiger partial charge in [-0.25, -0.2) is 0 Å². The largest absolute Gasteiger partial charge is 0.480 e. The molecule has 21 heavy (non-hydrogen) atoms. The minimum absolute atomic E-state index is 0.122. The van der Waals surface area contributed by atoms with Gasteiger partial charge in [0.05, 0.1) is 17.2 Å². The van der Waals surface area contributed by atoms with Crippen molar-refractivity contribution in [3.8, 4) is 0 Å². The molecule has 0 saturated carbocycles. The van der Waals surface area contributed by atoms with E-state index in [1.165, 1.54) is 37.1 Å². The number of carboxylic acid groups (broad SMARTS) is 1. The van der Waals surface area contributed by atoms with Gasteiger partial charge in [-0.1, -0.05) is 6.07 Å². The minimum Gasteiger partial charge on any atom is -0.480 e. The molecule has 0 fully saturated rings. The van der Waals surface area contributed by atoms with E-state index >= 15 is 0 Å². The summed E-state index contributed by atoms with van der Waals surface area (Å²) in [5.74, 6) is -1.47. The second-order valence-corrected chi connectivity index (χ2v) is 4.73. The number of carboxylic acids is 1. The van der Waals surface area contributed by atoms with Crippen LogP contribution in [-0.4, -0.2) is 46.4 Å². The maximum absolute atomic E-state index is 11.9. The number of hydrogen-bond acceptors (Lipinski definition) is 5. The fraction of sp³-hybridized carbons (Fsp3) is 0.385. The molecule has 8 heteroatoms. The molecule has 0 aliphatic rings. The average molecular weight is 295 g/mol. The molecular weight excluding hydrogens is 278 g/mol. The fourth-order valence-corrected chi connectivity index (χ4v) is 1.60. The number of hydrogen-bond donors (Lipinski definition) is 2.